The number of hydrogen-bond acceptors (Lipinski definition) is 4. The van der Waals surface area contributed by atoms with Crippen LogP contribution in [0.4, 0.5) is 0 Å². The van der Waals surface area contributed by atoms with Crippen molar-refractivity contribution >= 4 is 22.8 Å². The van der Waals surface area contributed by atoms with Crippen molar-refractivity contribution in [1.29, 1.82) is 0 Å². The van der Waals surface area contributed by atoms with Crippen LogP contribution >= 0.6 is 0 Å². The van der Waals surface area contributed by atoms with Gasteiger partial charge in [-0.1, -0.05) is 60.7 Å². The van der Waals surface area contributed by atoms with Crippen molar-refractivity contribution in [2.45, 2.75) is 0 Å². The first-order valence-corrected chi connectivity index (χ1v) is 9.83. The van der Waals surface area contributed by atoms with Crippen molar-refractivity contribution in [3.63, 3.8) is 0 Å². The summed E-state index contributed by atoms with van der Waals surface area (Å²) in [6.45, 7) is 0. The largest absolute Gasteiger partial charge is 0.507 e. The highest BCUT2D eigenvalue weighted by Gasteiger charge is 2.20. The van der Waals surface area contributed by atoms with Crippen LogP contribution in [-0.4, -0.2) is 21.1 Å². The van der Waals surface area contributed by atoms with E-state index in [1.54, 1.807) is 36.5 Å². The molecule has 31 heavy (non-hydrogen) atoms. The van der Waals surface area contributed by atoms with Crippen LogP contribution in [-0.2, 0) is 0 Å². The first kappa shape index (κ1) is 18.6. The minimum Gasteiger partial charge on any atom is -0.507 e. The zero-order valence-corrected chi connectivity index (χ0v) is 16.4. The lowest BCUT2D eigenvalue weighted by molar-refractivity contribution is 0.104. The van der Waals surface area contributed by atoms with E-state index in [4.69, 9.17) is 4.42 Å². The second-order valence-electron chi connectivity index (χ2n) is 7.11. The van der Waals surface area contributed by atoms with Crippen molar-refractivity contribution in [2.24, 2.45) is 0 Å². The molecule has 2 heterocycles. The number of furan rings is 1. The van der Waals surface area contributed by atoms with Gasteiger partial charge in [-0.3, -0.25) is 9.89 Å². The molecule has 2 aromatic heterocycles. The predicted octanol–water partition coefficient (Wildman–Crippen LogP) is 6.09. The van der Waals surface area contributed by atoms with Gasteiger partial charge in [-0.05, 0) is 35.9 Å². The van der Waals surface area contributed by atoms with E-state index in [-0.39, 0.29) is 11.5 Å². The smallest absolute Gasteiger partial charge is 0.185 e. The number of allylic oxidation sites excluding steroid dienone is 1. The summed E-state index contributed by atoms with van der Waals surface area (Å²) in [6.07, 6.45) is 4.92. The van der Waals surface area contributed by atoms with E-state index >= 15 is 0 Å². The summed E-state index contributed by atoms with van der Waals surface area (Å²) in [5, 5.41) is 18.7. The SMILES string of the molecule is O=C(C=Cc1ccc(O)c(-c2cc3ccccc3o2)c1-c1ccn[nH]1)c1ccccc1. The molecular weight excluding hydrogens is 388 g/mol. The maximum Gasteiger partial charge on any atom is 0.185 e. The summed E-state index contributed by atoms with van der Waals surface area (Å²) in [5.41, 5.74) is 4.04. The number of aromatic amines is 1. The quantitative estimate of drug-likeness (QED) is 0.273. The Kier molecular flexibility index (Phi) is 4.69. The number of fused-ring (bicyclic) bond motifs is 1. The van der Waals surface area contributed by atoms with Gasteiger partial charge in [0, 0.05) is 22.7 Å². The molecule has 3 aromatic carbocycles. The first-order valence-electron chi connectivity index (χ1n) is 9.83. The summed E-state index contributed by atoms with van der Waals surface area (Å²) >= 11 is 0. The monoisotopic (exact) mass is 406 g/mol. The van der Waals surface area contributed by atoms with E-state index in [0.717, 1.165) is 16.5 Å². The van der Waals surface area contributed by atoms with E-state index in [2.05, 4.69) is 10.2 Å². The van der Waals surface area contributed by atoms with Crippen LogP contribution in [0.15, 0.2) is 95.6 Å². The van der Waals surface area contributed by atoms with E-state index in [0.29, 0.717) is 28.1 Å². The van der Waals surface area contributed by atoms with E-state index in [1.165, 1.54) is 6.08 Å². The lowest BCUT2D eigenvalue weighted by Crippen LogP contribution is -1.94. The molecule has 0 saturated heterocycles. The van der Waals surface area contributed by atoms with Crippen LogP contribution in [0, 0.1) is 0 Å². The second-order valence-corrected chi connectivity index (χ2v) is 7.11. The highest BCUT2D eigenvalue weighted by atomic mass is 16.3. The Balaban J connectivity index is 1.67. The van der Waals surface area contributed by atoms with Gasteiger partial charge in [0.25, 0.3) is 0 Å². The Morgan fingerprint density at radius 3 is 2.52 bits per heavy atom. The van der Waals surface area contributed by atoms with Gasteiger partial charge < -0.3 is 9.52 Å². The Morgan fingerprint density at radius 1 is 0.935 bits per heavy atom. The molecule has 150 valence electrons. The van der Waals surface area contributed by atoms with E-state index < -0.39 is 0 Å². The molecular formula is C26H18N2O3. The average molecular weight is 406 g/mol. The van der Waals surface area contributed by atoms with Gasteiger partial charge in [0.2, 0.25) is 0 Å². The summed E-state index contributed by atoms with van der Waals surface area (Å²) in [5.74, 6) is 0.512. The third-order valence-corrected chi connectivity index (χ3v) is 5.13. The number of para-hydroxylation sites is 1. The van der Waals surface area contributed by atoms with Crippen LogP contribution in [0.5, 0.6) is 5.75 Å². The second kappa shape index (κ2) is 7.80. The Labute approximate surface area is 178 Å². The molecule has 5 aromatic rings. The third kappa shape index (κ3) is 3.53. The minimum atomic E-state index is -0.102. The molecule has 0 aliphatic rings. The fraction of sp³-hybridized carbons (Fsp3) is 0. The van der Waals surface area contributed by atoms with Crippen molar-refractivity contribution < 1.29 is 14.3 Å². The van der Waals surface area contributed by atoms with Gasteiger partial charge in [0.15, 0.2) is 5.78 Å². The van der Waals surface area contributed by atoms with Gasteiger partial charge in [-0.2, -0.15) is 5.10 Å². The van der Waals surface area contributed by atoms with Crippen LogP contribution in [0.1, 0.15) is 15.9 Å². The lowest BCUT2D eigenvalue weighted by Gasteiger charge is -2.12. The number of phenolic OH excluding ortho intramolecular Hbond substituents is 1. The number of aromatic nitrogens is 2. The first-order chi connectivity index (χ1) is 15.2. The molecule has 0 aliphatic heterocycles. The van der Waals surface area contributed by atoms with Gasteiger partial charge in [-0.25, -0.2) is 0 Å². The summed E-state index contributed by atoms with van der Waals surface area (Å²) in [4.78, 5) is 12.6. The molecule has 0 atom stereocenters. The molecule has 0 radical (unpaired) electrons. The van der Waals surface area contributed by atoms with Gasteiger partial charge in [0.1, 0.15) is 17.1 Å². The van der Waals surface area contributed by atoms with E-state index in [9.17, 15) is 9.90 Å². The number of carbonyl (C=O) groups is 1. The number of hydrogen-bond donors (Lipinski definition) is 2. The number of rotatable bonds is 5. The molecule has 2 N–H and O–H groups in total. The van der Waals surface area contributed by atoms with Crippen molar-refractivity contribution in [1.82, 2.24) is 10.2 Å². The molecule has 5 heteroatoms. The fourth-order valence-corrected chi connectivity index (χ4v) is 3.65. The van der Waals surface area contributed by atoms with Gasteiger partial charge in [-0.15, -0.1) is 0 Å². The Bertz CT molecular complexity index is 1360. The number of phenols is 1. The molecule has 0 fully saturated rings. The highest BCUT2D eigenvalue weighted by molar-refractivity contribution is 6.07. The molecule has 0 spiro atoms. The minimum absolute atomic E-state index is 0.0789. The molecule has 0 bridgehead atoms. The molecule has 0 unspecified atom stereocenters. The van der Waals surface area contributed by atoms with Crippen LogP contribution < -0.4 is 0 Å². The average Bonchev–Trinajstić information content (AvgIpc) is 3.48. The normalized spacial score (nSPS) is 11.4. The maximum atomic E-state index is 12.6. The van der Waals surface area contributed by atoms with E-state index in [1.807, 2.05) is 54.6 Å². The number of nitrogens with one attached hydrogen (secondary N) is 1. The topological polar surface area (TPSA) is 79.1 Å². The molecule has 0 saturated carbocycles. The summed E-state index contributed by atoms with van der Waals surface area (Å²) in [6, 6.07) is 23.9. The Morgan fingerprint density at radius 2 is 1.74 bits per heavy atom. The highest BCUT2D eigenvalue weighted by Crippen LogP contribution is 2.42. The number of carbonyl (C=O) groups excluding carboxylic acids is 1. The number of nitrogens with zero attached hydrogens (tertiary/aromatic N) is 1. The summed E-state index contributed by atoms with van der Waals surface area (Å²) in [7, 11) is 0. The van der Waals surface area contributed by atoms with Gasteiger partial charge in [0.05, 0.1) is 11.3 Å². The predicted molar refractivity (Wildman–Crippen MR) is 121 cm³/mol. The van der Waals surface area contributed by atoms with Crippen molar-refractivity contribution in [3.8, 4) is 28.3 Å². The maximum absolute atomic E-state index is 12.6. The number of H-pyrrole nitrogens is 1. The third-order valence-electron chi connectivity index (χ3n) is 5.13. The summed E-state index contributed by atoms with van der Waals surface area (Å²) < 4.78 is 6.04. The molecule has 5 nitrogen and oxygen atoms in total. The number of aromatic hydroxyl groups is 1. The zero-order chi connectivity index (χ0) is 21.2. The molecule has 0 aliphatic carbocycles. The van der Waals surface area contributed by atoms with Crippen molar-refractivity contribution in [2.75, 3.05) is 0 Å². The lowest BCUT2D eigenvalue weighted by atomic mass is 9.94. The van der Waals surface area contributed by atoms with Crippen molar-refractivity contribution in [3.05, 3.63) is 102 Å². The molecule has 0 amide bonds. The molecule has 5 rings (SSSR count). The van der Waals surface area contributed by atoms with Crippen LogP contribution in [0.3, 0.4) is 0 Å². The Hall–Kier alpha value is -4.38. The number of ketones is 1. The van der Waals surface area contributed by atoms with Crippen LogP contribution in [0.2, 0.25) is 0 Å². The zero-order valence-electron chi connectivity index (χ0n) is 16.4. The number of benzene rings is 3. The van der Waals surface area contributed by atoms with Crippen LogP contribution in [0.25, 0.3) is 39.6 Å². The fourth-order valence-electron chi connectivity index (χ4n) is 3.65. The standard InChI is InChI=1S/C26H18N2O3/c29-21(17-6-2-1-3-7-17)12-10-18-11-13-22(30)26(25(18)20-14-15-27-28-20)24-16-19-8-4-5-9-23(19)31-24/h1-16,30H,(H,27,28). The van der Waals surface area contributed by atoms with Gasteiger partial charge >= 0.3 is 0 Å².